The summed E-state index contributed by atoms with van der Waals surface area (Å²) in [7, 11) is 0. The highest BCUT2D eigenvalue weighted by molar-refractivity contribution is 5.76. The van der Waals surface area contributed by atoms with E-state index in [1.54, 1.807) is 6.20 Å². The van der Waals surface area contributed by atoms with Crippen LogP contribution in [0.1, 0.15) is 51.4 Å². The van der Waals surface area contributed by atoms with E-state index in [-0.39, 0.29) is 11.3 Å². The average Bonchev–Trinajstić information content (AvgIpc) is 3.10. The lowest BCUT2D eigenvalue weighted by atomic mass is 9.71. The molecule has 2 aliphatic rings. The van der Waals surface area contributed by atoms with Crippen molar-refractivity contribution in [2.75, 3.05) is 24.5 Å². The fourth-order valence-electron chi connectivity index (χ4n) is 4.19. The molecule has 0 spiro atoms. The summed E-state index contributed by atoms with van der Waals surface area (Å²) in [5, 5.41) is 11.3. The Balaban J connectivity index is 1.52. The smallest absolute Gasteiger partial charge is 0.220 e. The molecule has 6 nitrogen and oxygen atoms in total. The van der Waals surface area contributed by atoms with E-state index < -0.39 is 0 Å². The highest BCUT2D eigenvalue weighted by Gasteiger charge is 2.33. The van der Waals surface area contributed by atoms with Crippen LogP contribution in [0.15, 0.2) is 18.3 Å². The maximum absolute atomic E-state index is 12.5. The van der Waals surface area contributed by atoms with Gasteiger partial charge in [-0.1, -0.05) is 19.3 Å². The third-order valence-electron chi connectivity index (χ3n) is 5.65. The van der Waals surface area contributed by atoms with Crippen molar-refractivity contribution in [1.29, 1.82) is 0 Å². The zero-order valence-electron chi connectivity index (χ0n) is 14.4. The first-order valence-corrected chi connectivity index (χ1v) is 9.24. The molecule has 1 aliphatic heterocycles. The van der Waals surface area contributed by atoms with Crippen molar-refractivity contribution < 1.29 is 4.79 Å². The Morgan fingerprint density at radius 1 is 1.33 bits per heavy atom. The molecule has 1 aliphatic carbocycles. The molecule has 3 rings (SSSR count). The van der Waals surface area contributed by atoms with E-state index in [1.165, 1.54) is 19.3 Å². The van der Waals surface area contributed by atoms with E-state index in [0.29, 0.717) is 25.6 Å². The Morgan fingerprint density at radius 3 is 2.88 bits per heavy atom. The highest BCUT2D eigenvalue weighted by Crippen LogP contribution is 2.38. The Morgan fingerprint density at radius 2 is 2.17 bits per heavy atom. The Bertz CT molecular complexity index is 529. The molecule has 0 aromatic carbocycles. The van der Waals surface area contributed by atoms with Gasteiger partial charge in [0, 0.05) is 31.7 Å². The van der Waals surface area contributed by atoms with Crippen LogP contribution in [0, 0.1) is 5.41 Å². The largest absolute Gasteiger partial charge is 0.354 e. The molecule has 132 valence electrons. The van der Waals surface area contributed by atoms with Gasteiger partial charge < -0.3 is 16.0 Å². The van der Waals surface area contributed by atoms with Crippen LogP contribution in [-0.2, 0) is 4.79 Å². The predicted molar refractivity (Wildman–Crippen MR) is 94.6 cm³/mol. The molecule has 0 radical (unpaired) electrons. The van der Waals surface area contributed by atoms with Gasteiger partial charge in [-0.25, -0.2) is 0 Å². The molecule has 3 N–H and O–H groups in total. The van der Waals surface area contributed by atoms with Gasteiger partial charge in [0.25, 0.3) is 0 Å². The van der Waals surface area contributed by atoms with E-state index >= 15 is 0 Å². The Kier molecular flexibility index (Phi) is 5.66. The molecule has 1 unspecified atom stereocenters. The predicted octanol–water partition coefficient (Wildman–Crippen LogP) is 1.86. The first-order valence-electron chi connectivity index (χ1n) is 9.24. The third kappa shape index (κ3) is 4.04. The van der Waals surface area contributed by atoms with Crippen LogP contribution in [-0.4, -0.2) is 41.8 Å². The monoisotopic (exact) mass is 331 g/mol. The van der Waals surface area contributed by atoms with Gasteiger partial charge in [0.05, 0.1) is 0 Å². The molecule has 0 bridgehead atoms. The molecule has 1 aromatic rings. The minimum Gasteiger partial charge on any atom is -0.354 e. The average molecular weight is 331 g/mol. The van der Waals surface area contributed by atoms with Crippen molar-refractivity contribution in [2.45, 2.75) is 57.4 Å². The Hall–Kier alpha value is -1.69. The van der Waals surface area contributed by atoms with E-state index in [1.807, 2.05) is 12.1 Å². The molecule has 1 saturated heterocycles. The molecule has 1 amide bonds. The summed E-state index contributed by atoms with van der Waals surface area (Å²) in [5.74, 6) is 1.05. The molecule has 2 fully saturated rings. The number of carbonyl (C=O) groups excluding carboxylic acids is 1. The molecule has 1 atom stereocenters. The molecular formula is C18H29N5O. The lowest BCUT2D eigenvalue weighted by molar-refractivity contribution is -0.123. The zero-order chi connectivity index (χ0) is 16.8. The van der Waals surface area contributed by atoms with Crippen molar-refractivity contribution in [1.82, 2.24) is 15.5 Å². The maximum Gasteiger partial charge on any atom is 0.220 e. The van der Waals surface area contributed by atoms with Gasteiger partial charge in [0.15, 0.2) is 5.82 Å². The summed E-state index contributed by atoms with van der Waals surface area (Å²) in [6, 6.07) is 4.20. The number of amides is 1. The molecule has 1 aromatic heterocycles. The summed E-state index contributed by atoms with van der Waals surface area (Å²) < 4.78 is 0. The minimum atomic E-state index is 0.0304. The van der Waals surface area contributed by atoms with Crippen LogP contribution in [0.25, 0.3) is 0 Å². The summed E-state index contributed by atoms with van der Waals surface area (Å²) >= 11 is 0. The number of hydrogen-bond acceptors (Lipinski definition) is 5. The van der Waals surface area contributed by atoms with E-state index in [4.69, 9.17) is 5.73 Å². The summed E-state index contributed by atoms with van der Waals surface area (Å²) in [5.41, 5.74) is 6.03. The van der Waals surface area contributed by atoms with Crippen LogP contribution in [0.5, 0.6) is 0 Å². The second-order valence-electron chi connectivity index (χ2n) is 7.32. The van der Waals surface area contributed by atoms with Crippen molar-refractivity contribution in [2.24, 2.45) is 11.1 Å². The van der Waals surface area contributed by atoms with Gasteiger partial charge in [0.2, 0.25) is 5.91 Å². The zero-order valence-corrected chi connectivity index (χ0v) is 14.4. The number of nitrogens with one attached hydrogen (secondary N) is 1. The van der Waals surface area contributed by atoms with Gasteiger partial charge in [-0.15, -0.1) is 5.10 Å². The summed E-state index contributed by atoms with van der Waals surface area (Å²) in [4.78, 5) is 14.7. The second kappa shape index (κ2) is 7.92. The summed E-state index contributed by atoms with van der Waals surface area (Å²) in [6.45, 7) is 2.28. The number of carbonyl (C=O) groups is 1. The van der Waals surface area contributed by atoms with Gasteiger partial charge in [-0.2, -0.15) is 5.10 Å². The standard InChI is InChI=1S/C18H29N5O/c19-14-18(8-2-1-3-9-18)12-17(24)20-13-15-6-5-11-23(15)16-7-4-10-21-22-16/h4,7,10,15H,1-3,5-6,8-9,11-14,19H2,(H,20,24). The van der Waals surface area contributed by atoms with Gasteiger partial charge >= 0.3 is 0 Å². The van der Waals surface area contributed by atoms with Crippen molar-refractivity contribution in [3.05, 3.63) is 18.3 Å². The number of hydrogen-bond donors (Lipinski definition) is 2. The van der Waals surface area contributed by atoms with E-state index in [2.05, 4.69) is 20.4 Å². The minimum absolute atomic E-state index is 0.0304. The molecular weight excluding hydrogens is 302 g/mol. The maximum atomic E-state index is 12.5. The number of rotatable bonds is 6. The summed E-state index contributed by atoms with van der Waals surface area (Å²) in [6.07, 6.45) is 10.3. The first kappa shape index (κ1) is 17.1. The topological polar surface area (TPSA) is 84.1 Å². The van der Waals surface area contributed by atoms with E-state index in [0.717, 1.165) is 38.0 Å². The number of nitrogens with zero attached hydrogens (tertiary/aromatic N) is 3. The first-order chi connectivity index (χ1) is 11.7. The molecule has 1 saturated carbocycles. The van der Waals surface area contributed by atoms with E-state index in [9.17, 15) is 4.79 Å². The normalized spacial score (nSPS) is 23.2. The van der Waals surface area contributed by atoms with Crippen LogP contribution < -0.4 is 16.0 Å². The van der Waals surface area contributed by atoms with Gasteiger partial charge in [-0.3, -0.25) is 4.79 Å². The van der Waals surface area contributed by atoms with Gasteiger partial charge in [-0.05, 0) is 49.8 Å². The van der Waals surface area contributed by atoms with Crippen molar-refractivity contribution >= 4 is 11.7 Å². The molecule has 24 heavy (non-hydrogen) atoms. The SMILES string of the molecule is NCC1(CC(=O)NCC2CCCN2c2cccnn2)CCCCC1. The van der Waals surface area contributed by atoms with Crippen LogP contribution in [0.2, 0.25) is 0 Å². The fourth-order valence-corrected chi connectivity index (χ4v) is 4.19. The number of aromatic nitrogens is 2. The van der Waals surface area contributed by atoms with Crippen molar-refractivity contribution in [3.8, 4) is 0 Å². The Labute approximate surface area is 144 Å². The highest BCUT2D eigenvalue weighted by atomic mass is 16.1. The molecule has 2 heterocycles. The van der Waals surface area contributed by atoms with Crippen LogP contribution in [0.3, 0.4) is 0 Å². The lowest BCUT2D eigenvalue weighted by Gasteiger charge is -2.36. The van der Waals surface area contributed by atoms with Gasteiger partial charge in [0.1, 0.15) is 0 Å². The van der Waals surface area contributed by atoms with Crippen LogP contribution in [0.4, 0.5) is 5.82 Å². The second-order valence-corrected chi connectivity index (χ2v) is 7.32. The third-order valence-corrected chi connectivity index (χ3v) is 5.65. The lowest BCUT2D eigenvalue weighted by Crippen LogP contribution is -2.43. The van der Waals surface area contributed by atoms with Crippen LogP contribution >= 0.6 is 0 Å². The molecule has 6 heteroatoms. The number of anilines is 1. The quantitative estimate of drug-likeness (QED) is 0.831. The van der Waals surface area contributed by atoms with Crippen molar-refractivity contribution in [3.63, 3.8) is 0 Å². The fraction of sp³-hybridized carbons (Fsp3) is 0.722. The number of nitrogens with two attached hydrogens (primary N) is 1.